The van der Waals surface area contributed by atoms with Crippen molar-refractivity contribution in [2.75, 3.05) is 40.3 Å². The molecule has 0 amide bonds. The lowest BCUT2D eigenvalue weighted by Crippen LogP contribution is -2.61. The van der Waals surface area contributed by atoms with Gasteiger partial charge < -0.3 is 10.2 Å². The molecule has 3 heteroatoms. The van der Waals surface area contributed by atoms with Gasteiger partial charge in [-0.1, -0.05) is 39.5 Å². The molecule has 1 heterocycles. The molecule has 1 N–H and O–H groups in total. The Bertz CT molecular complexity index is 279. The smallest absolute Gasteiger partial charge is 0.0376 e. The van der Waals surface area contributed by atoms with Gasteiger partial charge in [0.05, 0.1) is 0 Å². The molecular weight excluding hydrogens is 246 g/mol. The molecule has 2 rings (SSSR count). The summed E-state index contributed by atoms with van der Waals surface area (Å²) in [5.74, 6) is 1.82. The van der Waals surface area contributed by atoms with Crippen LogP contribution in [0, 0.1) is 11.8 Å². The molecule has 0 aromatic heterocycles. The molecule has 0 radical (unpaired) electrons. The average Bonchev–Trinajstić information content (AvgIpc) is 2.47. The van der Waals surface area contributed by atoms with E-state index in [0.29, 0.717) is 12.1 Å². The van der Waals surface area contributed by atoms with Crippen molar-refractivity contribution in [3.63, 3.8) is 0 Å². The third-order valence-corrected chi connectivity index (χ3v) is 5.71. The Morgan fingerprint density at radius 3 is 2.55 bits per heavy atom. The van der Waals surface area contributed by atoms with Crippen molar-refractivity contribution in [1.82, 2.24) is 15.1 Å². The predicted molar refractivity (Wildman–Crippen MR) is 87.1 cm³/mol. The molecule has 118 valence electrons. The topological polar surface area (TPSA) is 18.5 Å². The van der Waals surface area contributed by atoms with Crippen LogP contribution in [0.15, 0.2) is 0 Å². The van der Waals surface area contributed by atoms with E-state index in [1.807, 2.05) is 0 Å². The Balaban J connectivity index is 2.11. The fourth-order valence-corrected chi connectivity index (χ4v) is 4.46. The number of nitrogens with one attached hydrogen (secondary N) is 1. The van der Waals surface area contributed by atoms with Gasteiger partial charge in [-0.25, -0.2) is 0 Å². The van der Waals surface area contributed by atoms with Crippen LogP contribution >= 0.6 is 0 Å². The van der Waals surface area contributed by atoms with E-state index in [1.165, 1.54) is 51.7 Å². The minimum atomic E-state index is 0.679. The summed E-state index contributed by atoms with van der Waals surface area (Å²) in [6, 6.07) is 1.36. The summed E-state index contributed by atoms with van der Waals surface area (Å²) in [4.78, 5) is 5.12. The van der Waals surface area contributed by atoms with E-state index in [2.05, 4.69) is 43.1 Å². The third kappa shape index (κ3) is 3.75. The number of piperazine rings is 1. The van der Waals surface area contributed by atoms with Crippen LogP contribution in [0.2, 0.25) is 0 Å². The van der Waals surface area contributed by atoms with Gasteiger partial charge >= 0.3 is 0 Å². The average molecular weight is 281 g/mol. The Morgan fingerprint density at radius 1 is 1.10 bits per heavy atom. The van der Waals surface area contributed by atoms with Crippen molar-refractivity contribution < 1.29 is 0 Å². The molecule has 1 aliphatic heterocycles. The van der Waals surface area contributed by atoms with Crippen molar-refractivity contribution in [2.24, 2.45) is 11.8 Å². The van der Waals surface area contributed by atoms with Gasteiger partial charge in [0.15, 0.2) is 0 Å². The molecule has 0 aromatic carbocycles. The molecule has 2 fully saturated rings. The largest absolute Gasteiger partial charge is 0.312 e. The summed E-state index contributed by atoms with van der Waals surface area (Å²) in [6.45, 7) is 9.42. The minimum absolute atomic E-state index is 0.679. The maximum absolute atomic E-state index is 3.87. The van der Waals surface area contributed by atoms with Crippen LogP contribution < -0.4 is 5.32 Å². The SMILES string of the molecule is CCNC(C1CCCCC1CC)C1CN(C)CCN1C. The Labute approximate surface area is 126 Å². The van der Waals surface area contributed by atoms with E-state index in [1.54, 1.807) is 0 Å². The van der Waals surface area contributed by atoms with Crippen molar-refractivity contribution in [1.29, 1.82) is 0 Å². The zero-order chi connectivity index (χ0) is 14.5. The fourth-order valence-electron chi connectivity index (χ4n) is 4.46. The molecular formula is C17H35N3. The number of nitrogens with zero attached hydrogens (tertiary/aromatic N) is 2. The minimum Gasteiger partial charge on any atom is -0.312 e. The second-order valence-corrected chi connectivity index (χ2v) is 7.01. The molecule has 20 heavy (non-hydrogen) atoms. The second-order valence-electron chi connectivity index (χ2n) is 7.01. The normalized spacial score (nSPS) is 35.1. The van der Waals surface area contributed by atoms with Crippen LogP contribution in [0.5, 0.6) is 0 Å². The zero-order valence-corrected chi connectivity index (χ0v) is 14.1. The summed E-state index contributed by atoms with van der Waals surface area (Å²) >= 11 is 0. The Morgan fingerprint density at radius 2 is 1.85 bits per heavy atom. The van der Waals surface area contributed by atoms with E-state index in [4.69, 9.17) is 0 Å². The van der Waals surface area contributed by atoms with Gasteiger partial charge in [0.25, 0.3) is 0 Å². The molecule has 4 atom stereocenters. The van der Waals surface area contributed by atoms with Crippen LogP contribution in [0.4, 0.5) is 0 Å². The maximum atomic E-state index is 3.87. The monoisotopic (exact) mass is 281 g/mol. The van der Waals surface area contributed by atoms with Gasteiger partial charge in [-0.15, -0.1) is 0 Å². The van der Waals surface area contributed by atoms with E-state index >= 15 is 0 Å². The molecule has 1 saturated heterocycles. The predicted octanol–water partition coefficient (Wildman–Crippen LogP) is 2.43. The highest BCUT2D eigenvalue weighted by atomic mass is 15.3. The highest BCUT2D eigenvalue weighted by molar-refractivity contribution is 4.95. The molecule has 1 saturated carbocycles. The first kappa shape index (κ1) is 16.3. The van der Waals surface area contributed by atoms with Crippen molar-refractivity contribution in [3.05, 3.63) is 0 Å². The van der Waals surface area contributed by atoms with Gasteiger partial charge in [-0.05, 0) is 38.9 Å². The lowest BCUT2D eigenvalue weighted by atomic mass is 9.71. The van der Waals surface area contributed by atoms with Crippen LogP contribution in [0.1, 0.15) is 46.0 Å². The Hall–Kier alpha value is -0.120. The lowest BCUT2D eigenvalue weighted by molar-refractivity contribution is 0.0458. The summed E-state index contributed by atoms with van der Waals surface area (Å²) in [7, 11) is 4.60. The van der Waals surface area contributed by atoms with E-state index < -0.39 is 0 Å². The van der Waals surface area contributed by atoms with Crippen molar-refractivity contribution >= 4 is 0 Å². The van der Waals surface area contributed by atoms with Gasteiger partial charge in [0.1, 0.15) is 0 Å². The van der Waals surface area contributed by atoms with Gasteiger partial charge in [0.2, 0.25) is 0 Å². The second kappa shape index (κ2) is 7.77. The molecule has 0 aromatic rings. The quantitative estimate of drug-likeness (QED) is 0.835. The highest BCUT2D eigenvalue weighted by Crippen LogP contribution is 2.36. The standard InChI is InChI=1S/C17H35N3/c1-5-14-9-7-8-10-15(14)17(18-6-2)16-13-19(3)11-12-20(16)4/h14-18H,5-13H2,1-4H3. The van der Waals surface area contributed by atoms with Crippen molar-refractivity contribution in [2.45, 2.75) is 58.0 Å². The zero-order valence-electron chi connectivity index (χ0n) is 14.1. The fraction of sp³-hybridized carbons (Fsp3) is 1.00. The number of likely N-dealkylation sites (N-methyl/N-ethyl adjacent to an activating group) is 3. The van der Waals surface area contributed by atoms with E-state index in [-0.39, 0.29) is 0 Å². The number of hydrogen-bond donors (Lipinski definition) is 1. The summed E-state index contributed by atoms with van der Waals surface area (Å²) in [6.07, 6.45) is 7.14. The number of rotatable bonds is 5. The van der Waals surface area contributed by atoms with Crippen molar-refractivity contribution in [3.8, 4) is 0 Å². The molecule has 3 nitrogen and oxygen atoms in total. The number of hydrogen-bond acceptors (Lipinski definition) is 3. The van der Waals surface area contributed by atoms with Crippen LogP contribution in [-0.4, -0.2) is 62.2 Å². The van der Waals surface area contributed by atoms with E-state index in [0.717, 1.165) is 18.4 Å². The van der Waals surface area contributed by atoms with Crippen LogP contribution in [0.25, 0.3) is 0 Å². The van der Waals surface area contributed by atoms with Gasteiger partial charge in [0, 0.05) is 31.7 Å². The summed E-state index contributed by atoms with van der Waals surface area (Å²) in [5.41, 5.74) is 0. The first-order chi connectivity index (χ1) is 9.67. The Kier molecular flexibility index (Phi) is 6.31. The molecule has 0 bridgehead atoms. The summed E-state index contributed by atoms with van der Waals surface area (Å²) < 4.78 is 0. The van der Waals surface area contributed by atoms with Gasteiger partial charge in [-0.3, -0.25) is 4.90 Å². The molecule has 1 aliphatic carbocycles. The van der Waals surface area contributed by atoms with Crippen LogP contribution in [0.3, 0.4) is 0 Å². The molecule has 0 spiro atoms. The molecule has 2 aliphatic rings. The summed E-state index contributed by atoms with van der Waals surface area (Å²) in [5, 5.41) is 3.87. The first-order valence-corrected chi connectivity index (χ1v) is 8.79. The first-order valence-electron chi connectivity index (χ1n) is 8.79. The molecule has 4 unspecified atom stereocenters. The lowest BCUT2D eigenvalue weighted by Gasteiger charge is -2.47. The van der Waals surface area contributed by atoms with Crippen LogP contribution in [-0.2, 0) is 0 Å². The third-order valence-electron chi connectivity index (χ3n) is 5.71. The van der Waals surface area contributed by atoms with Gasteiger partial charge in [-0.2, -0.15) is 0 Å². The highest BCUT2D eigenvalue weighted by Gasteiger charge is 2.38. The maximum Gasteiger partial charge on any atom is 0.0376 e. The van der Waals surface area contributed by atoms with E-state index in [9.17, 15) is 0 Å².